The number of urea groups is 1. The molecule has 0 spiro atoms. The fraction of sp³-hybridized carbons (Fsp3) is 0.143. The molecule has 152 valence electrons. The number of carbonyl (C=O) groups is 3. The van der Waals surface area contributed by atoms with Crippen LogP contribution in [-0.4, -0.2) is 36.5 Å². The van der Waals surface area contributed by atoms with Crippen molar-refractivity contribution in [1.29, 1.82) is 5.26 Å². The normalized spacial score (nSPS) is 14.4. The number of benzene rings is 2. The summed E-state index contributed by atoms with van der Waals surface area (Å²) in [5, 5.41) is 11.6. The van der Waals surface area contributed by atoms with Crippen LogP contribution in [0.1, 0.15) is 16.7 Å². The van der Waals surface area contributed by atoms with Crippen LogP contribution in [0.2, 0.25) is 0 Å². The lowest BCUT2D eigenvalue weighted by Gasteiger charge is -2.10. The predicted molar refractivity (Wildman–Crippen MR) is 115 cm³/mol. The highest BCUT2D eigenvalue weighted by Gasteiger charge is 2.35. The summed E-state index contributed by atoms with van der Waals surface area (Å²) in [5.41, 5.74) is 2.08. The summed E-state index contributed by atoms with van der Waals surface area (Å²) in [6.45, 7) is -0.204. The molecule has 0 radical (unpaired) electrons. The zero-order valence-electron chi connectivity index (χ0n) is 15.8. The summed E-state index contributed by atoms with van der Waals surface area (Å²) in [6.07, 6.45) is 1.52. The van der Waals surface area contributed by atoms with Crippen molar-refractivity contribution in [2.24, 2.45) is 0 Å². The van der Waals surface area contributed by atoms with E-state index in [1.54, 1.807) is 30.3 Å². The van der Waals surface area contributed by atoms with Crippen LogP contribution >= 0.6 is 22.6 Å². The molecule has 3 rings (SSSR count). The highest BCUT2D eigenvalue weighted by Crippen LogP contribution is 2.25. The van der Waals surface area contributed by atoms with Crippen molar-refractivity contribution in [3.05, 3.63) is 68.4 Å². The number of nitrogens with one attached hydrogen (secondary N) is 1. The molecule has 2 aromatic carbocycles. The second-order valence-electron chi connectivity index (χ2n) is 6.20. The predicted octanol–water partition coefficient (Wildman–Crippen LogP) is 2.81. The van der Waals surface area contributed by atoms with E-state index in [4.69, 9.17) is 10.00 Å². The molecule has 0 aromatic heterocycles. The van der Waals surface area contributed by atoms with Crippen molar-refractivity contribution in [2.75, 3.05) is 13.7 Å². The van der Waals surface area contributed by atoms with E-state index in [1.807, 2.05) is 12.1 Å². The Labute approximate surface area is 186 Å². The van der Waals surface area contributed by atoms with E-state index in [1.165, 1.54) is 13.2 Å². The van der Waals surface area contributed by atoms with Crippen molar-refractivity contribution in [3.8, 4) is 11.8 Å². The van der Waals surface area contributed by atoms with Gasteiger partial charge in [-0.1, -0.05) is 24.3 Å². The maximum Gasteiger partial charge on any atom is 0.329 e. The molecule has 0 atom stereocenters. The van der Waals surface area contributed by atoms with Crippen LogP contribution in [-0.2, 0) is 20.9 Å². The first kappa shape index (κ1) is 21.3. The van der Waals surface area contributed by atoms with Crippen LogP contribution < -0.4 is 10.1 Å². The highest BCUT2D eigenvalue weighted by molar-refractivity contribution is 14.1. The molecular weight excluding hydrogens is 501 g/mol. The van der Waals surface area contributed by atoms with Gasteiger partial charge in [0.05, 0.1) is 22.3 Å². The van der Waals surface area contributed by atoms with Crippen LogP contribution in [0.3, 0.4) is 0 Å². The SMILES string of the molecule is COC(=O)CN1C(=O)N/C(=C/c2ccc(OCc3ccccc3C#N)c(I)c2)C1=O. The quantitative estimate of drug-likeness (QED) is 0.273. The monoisotopic (exact) mass is 517 g/mol. The van der Waals surface area contributed by atoms with Crippen LogP contribution in [0.15, 0.2) is 48.2 Å². The number of halogens is 1. The number of hydrogen-bond donors (Lipinski definition) is 1. The third kappa shape index (κ3) is 4.77. The lowest BCUT2D eigenvalue weighted by atomic mass is 10.1. The number of rotatable bonds is 6. The van der Waals surface area contributed by atoms with Gasteiger partial charge in [0.1, 0.15) is 24.6 Å². The van der Waals surface area contributed by atoms with E-state index < -0.39 is 24.5 Å². The first-order valence-corrected chi connectivity index (χ1v) is 9.82. The van der Waals surface area contributed by atoms with Gasteiger partial charge in [0.25, 0.3) is 5.91 Å². The molecule has 3 amide bonds. The number of methoxy groups -OCH3 is 1. The average Bonchev–Trinajstić information content (AvgIpc) is 3.00. The van der Waals surface area contributed by atoms with Gasteiger partial charge in [-0.3, -0.25) is 9.59 Å². The largest absolute Gasteiger partial charge is 0.488 e. The van der Waals surface area contributed by atoms with E-state index in [2.05, 4.69) is 38.7 Å². The van der Waals surface area contributed by atoms with Crippen molar-refractivity contribution in [2.45, 2.75) is 6.61 Å². The van der Waals surface area contributed by atoms with Crippen molar-refractivity contribution in [3.63, 3.8) is 0 Å². The minimum Gasteiger partial charge on any atom is -0.488 e. The third-order valence-corrected chi connectivity index (χ3v) is 5.11. The second kappa shape index (κ2) is 9.41. The zero-order chi connectivity index (χ0) is 21.7. The average molecular weight is 517 g/mol. The summed E-state index contributed by atoms with van der Waals surface area (Å²) in [7, 11) is 1.18. The van der Waals surface area contributed by atoms with Crippen LogP contribution in [0.4, 0.5) is 4.79 Å². The van der Waals surface area contributed by atoms with Crippen LogP contribution in [0.25, 0.3) is 6.08 Å². The van der Waals surface area contributed by atoms with Gasteiger partial charge < -0.3 is 14.8 Å². The van der Waals surface area contributed by atoms with Crippen molar-refractivity contribution >= 4 is 46.6 Å². The third-order valence-electron chi connectivity index (χ3n) is 4.27. The Morgan fingerprint density at radius 1 is 1.27 bits per heavy atom. The summed E-state index contributed by atoms with van der Waals surface area (Å²) in [4.78, 5) is 36.4. The smallest absolute Gasteiger partial charge is 0.329 e. The number of carbonyl (C=O) groups excluding carboxylic acids is 3. The van der Waals surface area contributed by atoms with E-state index in [0.717, 1.165) is 14.0 Å². The Kier molecular flexibility index (Phi) is 6.68. The molecule has 1 saturated heterocycles. The molecule has 9 heteroatoms. The molecule has 1 fully saturated rings. The molecule has 0 bridgehead atoms. The summed E-state index contributed by atoms with van der Waals surface area (Å²) < 4.78 is 11.1. The molecule has 1 aliphatic rings. The van der Waals surface area contributed by atoms with Gasteiger partial charge in [-0.05, 0) is 52.4 Å². The summed E-state index contributed by atoms with van der Waals surface area (Å²) in [5.74, 6) is -0.665. The summed E-state index contributed by atoms with van der Waals surface area (Å²) >= 11 is 2.10. The molecule has 0 unspecified atom stereocenters. The van der Waals surface area contributed by atoms with Gasteiger partial charge >= 0.3 is 12.0 Å². The maximum atomic E-state index is 12.4. The molecule has 0 aliphatic carbocycles. The molecule has 8 nitrogen and oxygen atoms in total. The maximum absolute atomic E-state index is 12.4. The molecule has 1 aliphatic heterocycles. The van der Waals surface area contributed by atoms with Gasteiger partial charge in [0.2, 0.25) is 0 Å². The molecule has 0 saturated carbocycles. The Hall–Kier alpha value is -3.39. The minimum absolute atomic E-state index is 0.0660. The number of amides is 3. The van der Waals surface area contributed by atoms with Gasteiger partial charge in [0, 0.05) is 5.56 Å². The highest BCUT2D eigenvalue weighted by atomic mass is 127. The number of nitriles is 1. The second-order valence-corrected chi connectivity index (χ2v) is 7.37. The van der Waals surface area contributed by atoms with Crippen LogP contribution in [0, 0.1) is 14.9 Å². The number of nitrogens with zero attached hydrogens (tertiary/aromatic N) is 2. The first-order chi connectivity index (χ1) is 14.4. The van der Waals surface area contributed by atoms with E-state index in [9.17, 15) is 14.4 Å². The topological polar surface area (TPSA) is 109 Å². The fourth-order valence-corrected chi connectivity index (χ4v) is 3.41. The van der Waals surface area contributed by atoms with E-state index >= 15 is 0 Å². The van der Waals surface area contributed by atoms with Crippen LogP contribution in [0.5, 0.6) is 5.75 Å². The number of hydrogen-bond acceptors (Lipinski definition) is 6. The van der Waals surface area contributed by atoms with Gasteiger partial charge in [-0.15, -0.1) is 0 Å². The number of imide groups is 1. The Morgan fingerprint density at radius 3 is 2.73 bits per heavy atom. The van der Waals surface area contributed by atoms with Crippen molar-refractivity contribution in [1.82, 2.24) is 10.2 Å². The Balaban J connectivity index is 1.72. The number of ether oxygens (including phenoxy) is 2. The minimum atomic E-state index is -0.686. The van der Waals surface area contributed by atoms with Gasteiger partial charge in [0.15, 0.2) is 0 Å². The van der Waals surface area contributed by atoms with Gasteiger partial charge in [-0.2, -0.15) is 5.26 Å². The molecule has 1 heterocycles. The zero-order valence-corrected chi connectivity index (χ0v) is 18.0. The number of esters is 1. The Bertz CT molecular complexity index is 1090. The lowest BCUT2D eigenvalue weighted by molar-refractivity contribution is -0.143. The lowest BCUT2D eigenvalue weighted by Crippen LogP contribution is -2.36. The van der Waals surface area contributed by atoms with E-state index in [0.29, 0.717) is 16.9 Å². The molecular formula is C21H16IN3O5. The first-order valence-electron chi connectivity index (χ1n) is 8.74. The summed E-state index contributed by atoms with van der Waals surface area (Å²) in [6, 6.07) is 13.9. The standard InChI is InChI=1S/C21H16IN3O5/c1-29-19(26)11-25-20(27)17(24-21(25)28)9-13-6-7-18(16(22)8-13)30-12-15-5-3-2-4-14(15)10-23/h2-9H,11-12H2,1H3,(H,24,28)/b17-9+. The van der Waals surface area contributed by atoms with E-state index in [-0.39, 0.29) is 12.3 Å². The fourth-order valence-electron chi connectivity index (χ4n) is 2.71. The Morgan fingerprint density at radius 2 is 2.03 bits per heavy atom. The molecule has 1 N–H and O–H groups in total. The molecule has 30 heavy (non-hydrogen) atoms. The van der Waals surface area contributed by atoms with Gasteiger partial charge in [-0.25, -0.2) is 9.69 Å². The molecule has 2 aromatic rings. The van der Waals surface area contributed by atoms with Crippen molar-refractivity contribution < 1.29 is 23.9 Å².